The third kappa shape index (κ3) is 5.51. The maximum atomic E-state index is 5.87. The summed E-state index contributed by atoms with van der Waals surface area (Å²) in [5.41, 5.74) is 1.10. The zero-order valence-electron chi connectivity index (χ0n) is 14.7. The third-order valence-corrected chi connectivity index (χ3v) is 3.66. The summed E-state index contributed by atoms with van der Waals surface area (Å²) in [6.07, 6.45) is 3.90. The van der Waals surface area contributed by atoms with Crippen LogP contribution in [0.1, 0.15) is 25.5 Å². The first-order chi connectivity index (χ1) is 11.1. The van der Waals surface area contributed by atoms with Gasteiger partial charge in [-0.2, -0.15) is 5.10 Å². The van der Waals surface area contributed by atoms with Crippen LogP contribution < -0.4 is 5.32 Å². The highest BCUT2D eigenvalue weighted by Crippen LogP contribution is 2.21. The van der Waals surface area contributed by atoms with Crippen LogP contribution in [0.4, 0.5) is 0 Å². The summed E-state index contributed by atoms with van der Waals surface area (Å²) in [6, 6.07) is 0. The van der Waals surface area contributed by atoms with Crippen molar-refractivity contribution in [2.45, 2.75) is 20.0 Å². The summed E-state index contributed by atoms with van der Waals surface area (Å²) in [5.74, 6) is 1.46. The molecule has 1 unspecified atom stereocenters. The van der Waals surface area contributed by atoms with Crippen molar-refractivity contribution in [1.82, 2.24) is 20.0 Å². The van der Waals surface area contributed by atoms with Gasteiger partial charge in [-0.05, 0) is 5.92 Å². The van der Waals surface area contributed by atoms with Crippen molar-refractivity contribution in [3.8, 4) is 0 Å². The molecule has 0 aliphatic carbocycles. The van der Waals surface area contributed by atoms with E-state index in [0.29, 0.717) is 19.1 Å². The number of nitrogens with one attached hydrogen (secondary N) is 1. The van der Waals surface area contributed by atoms with Gasteiger partial charge in [0.05, 0.1) is 26.0 Å². The van der Waals surface area contributed by atoms with Gasteiger partial charge in [-0.3, -0.25) is 9.67 Å². The van der Waals surface area contributed by atoms with Crippen LogP contribution in [0.3, 0.4) is 0 Å². The molecule has 0 saturated carbocycles. The van der Waals surface area contributed by atoms with Gasteiger partial charge < -0.3 is 19.7 Å². The smallest absolute Gasteiger partial charge is 0.193 e. The van der Waals surface area contributed by atoms with Gasteiger partial charge in [0, 0.05) is 45.6 Å². The molecule has 1 N–H and O–H groups in total. The highest BCUT2D eigenvalue weighted by molar-refractivity contribution is 5.80. The molecular weight excluding hydrogens is 294 g/mol. The minimum Gasteiger partial charge on any atom is -0.379 e. The summed E-state index contributed by atoms with van der Waals surface area (Å²) < 4.78 is 13.3. The van der Waals surface area contributed by atoms with Crippen LogP contribution in [0, 0.1) is 5.92 Å². The number of nitrogens with zero attached hydrogens (tertiary/aromatic N) is 4. The molecule has 1 aliphatic heterocycles. The molecule has 7 heteroatoms. The Morgan fingerprint density at radius 2 is 2.39 bits per heavy atom. The van der Waals surface area contributed by atoms with E-state index < -0.39 is 0 Å². The Hall–Kier alpha value is -1.60. The molecule has 2 heterocycles. The highest BCUT2D eigenvalue weighted by Gasteiger charge is 2.24. The molecule has 1 saturated heterocycles. The maximum Gasteiger partial charge on any atom is 0.193 e. The van der Waals surface area contributed by atoms with Crippen LogP contribution >= 0.6 is 0 Å². The van der Waals surface area contributed by atoms with Gasteiger partial charge >= 0.3 is 0 Å². The van der Waals surface area contributed by atoms with Gasteiger partial charge in [0.2, 0.25) is 0 Å². The molecular formula is C16H29N5O2. The fraction of sp³-hybridized carbons (Fsp3) is 0.750. The van der Waals surface area contributed by atoms with E-state index in [-0.39, 0.29) is 6.10 Å². The Kier molecular flexibility index (Phi) is 6.85. The van der Waals surface area contributed by atoms with Gasteiger partial charge in [0.15, 0.2) is 5.96 Å². The van der Waals surface area contributed by atoms with Crippen LogP contribution in [0.15, 0.2) is 17.4 Å². The zero-order valence-corrected chi connectivity index (χ0v) is 14.7. The normalized spacial score (nSPS) is 19.4. The second kappa shape index (κ2) is 8.88. The number of guanidine groups is 1. The highest BCUT2D eigenvalue weighted by atomic mass is 16.5. The van der Waals surface area contributed by atoms with Crippen LogP contribution in [0.2, 0.25) is 0 Å². The first kappa shape index (κ1) is 17.7. The Bertz CT molecular complexity index is 500. The molecule has 1 atom stereocenters. The van der Waals surface area contributed by atoms with Crippen LogP contribution in [-0.2, 0) is 16.5 Å². The van der Waals surface area contributed by atoms with E-state index in [2.05, 4.69) is 34.2 Å². The van der Waals surface area contributed by atoms with Gasteiger partial charge in [-0.1, -0.05) is 13.8 Å². The number of hydrogen-bond donors (Lipinski definition) is 1. The molecule has 0 amide bonds. The lowest BCUT2D eigenvalue weighted by Gasteiger charge is -2.34. The Labute approximate surface area is 138 Å². The lowest BCUT2D eigenvalue weighted by atomic mass is 10.1. The number of ether oxygens (including phenoxy) is 2. The summed E-state index contributed by atoms with van der Waals surface area (Å²) in [6.45, 7) is 8.84. The standard InChI is InChI=1S/C16H29N5O2/c1-13(2)12-22-7-5-18-16(17-3)21-6-8-23-15(11-21)14-9-19-20(4)10-14/h9-10,13,15H,5-8,11-12H2,1-4H3,(H,17,18). The second-order valence-electron chi connectivity index (χ2n) is 6.20. The molecule has 1 aromatic heterocycles. The Balaban J connectivity index is 1.81. The number of morpholine rings is 1. The number of aryl methyl sites for hydroxylation is 1. The SMILES string of the molecule is CN=C(NCCOCC(C)C)N1CCOC(c2cnn(C)c2)C1. The maximum absolute atomic E-state index is 5.87. The van der Waals surface area contributed by atoms with E-state index in [1.165, 1.54) is 0 Å². The molecule has 7 nitrogen and oxygen atoms in total. The average molecular weight is 323 g/mol. The zero-order chi connectivity index (χ0) is 16.7. The fourth-order valence-electron chi connectivity index (χ4n) is 2.54. The molecule has 1 aromatic rings. The molecule has 1 fully saturated rings. The van der Waals surface area contributed by atoms with Crippen molar-refractivity contribution >= 4 is 5.96 Å². The molecule has 0 spiro atoms. The first-order valence-corrected chi connectivity index (χ1v) is 8.23. The number of aliphatic imine (C=N–C) groups is 1. The fourth-order valence-corrected chi connectivity index (χ4v) is 2.54. The van der Waals surface area contributed by atoms with E-state index in [1.807, 2.05) is 26.5 Å². The van der Waals surface area contributed by atoms with Crippen LogP contribution in [-0.4, -0.2) is 67.1 Å². The molecule has 0 bridgehead atoms. The number of rotatable bonds is 6. The predicted octanol–water partition coefficient (Wildman–Crippen LogP) is 1.04. The largest absolute Gasteiger partial charge is 0.379 e. The number of hydrogen-bond acceptors (Lipinski definition) is 4. The van der Waals surface area contributed by atoms with Crippen molar-refractivity contribution in [3.05, 3.63) is 18.0 Å². The lowest BCUT2D eigenvalue weighted by molar-refractivity contribution is -0.00816. The lowest BCUT2D eigenvalue weighted by Crippen LogP contribution is -2.48. The topological polar surface area (TPSA) is 63.9 Å². The van der Waals surface area contributed by atoms with Crippen molar-refractivity contribution in [3.63, 3.8) is 0 Å². The first-order valence-electron chi connectivity index (χ1n) is 8.23. The van der Waals surface area contributed by atoms with Gasteiger partial charge in [-0.15, -0.1) is 0 Å². The minimum atomic E-state index is 0.0354. The Morgan fingerprint density at radius 3 is 3.04 bits per heavy atom. The summed E-state index contributed by atoms with van der Waals surface area (Å²) in [5, 5.41) is 7.59. The monoisotopic (exact) mass is 323 g/mol. The Morgan fingerprint density at radius 1 is 1.57 bits per heavy atom. The van der Waals surface area contributed by atoms with E-state index >= 15 is 0 Å². The third-order valence-electron chi connectivity index (χ3n) is 3.66. The summed E-state index contributed by atoms with van der Waals surface area (Å²) >= 11 is 0. The van der Waals surface area contributed by atoms with E-state index in [0.717, 1.165) is 37.8 Å². The van der Waals surface area contributed by atoms with Crippen molar-refractivity contribution in [1.29, 1.82) is 0 Å². The molecule has 1 aliphatic rings. The van der Waals surface area contributed by atoms with Gasteiger partial charge in [0.25, 0.3) is 0 Å². The molecule has 130 valence electrons. The molecule has 2 rings (SSSR count). The van der Waals surface area contributed by atoms with Crippen molar-refractivity contribution in [2.24, 2.45) is 18.0 Å². The second-order valence-corrected chi connectivity index (χ2v) is 6.20. The van der Waals surface area contributed by atoms with E-state index in [9.17, 15) is 0 Å². The average Bonchev–Trinajstić information content (AvgIpc) is 2.97. The molecule has 0 radical (unpaired) electrons. The summed E-state index contributed by atoms with van der Waals surface area (Å²) in [7, 11) is 3.73. The van der Waals surface area contributed by atoms with Gasteiger partial charge in [0.1, 0.15) is 6.10 Å². The van der Waals surface area contributed by atoms with Crippen LogP contribution in [0.5, 0.6) is 0 Å². The number of aromatic nitrogens is 2. The summed E-state index contributed by atoms with van der Waals surface area (Å²) in [4.78, 5) is 6.60. The van der Waals surface area contributed by atoms with Crippen molar-refractivity contribution in [2.75, 3.05) is 46.5 Å². The van der Waals surface area contributed by atoms with Gasteiger partial charge in [-0.25, -0.2) is 0 Å². The quantitative estimate of drug-likeness (QED) is 0.481. The molecule has 0 aromatic carbocycles. The van der Waals surface area contributed by atoms with E-state index in [4.69, 9.17) is 9.47 Å². The van der Waals surface area contributed by atoms with Crippen LogP contribution in [0.25, 0.3) is 0 Å². The van der Waals surface area contributed by atoms with E-state index in [1.54, 1.807) is 4.68 Å². The predicted molar refractivity (Wildman–Crippen MR) is 90.5 cm³/mol. The minimum absolute atomic E-state index is 0.0354. The van der Waals surface area contributed by atoms with Crippen molar-refractivity contribution < 1.29 is 9.47 Å². The molecule has 23 heavy (non-hydrogen) atoms.